The van der Waals surface area contributed by atoms with Gasteiger partial charge in [-0.3, -0.25) is 0 Å². The summed E-state index contributed by atoms with van der Waals surface area (Å²) in [4.78, 5) is 11.5. The Kier molecular flexibility index (Phi) is 2.71. The van der Waals surface area contributed by atoms with Gasteiger partial charge in [-0.2, -0.15) is 0 Å². The number of halogens is 1. The van der Waals surface area contributed by atoms with Gasteiger partial charge in [-0.15, -0.1) is 0 Å². The molecule has 0 saturated heterocycles. The zero-order valence-electron chi connectivity index (χ0n) is 11.4. The Hall–Kier alpha value is -1.61. The van der Waals surface area contributed by atoms with Crippen molar-refractivity contribution in [3.05, 3.63) is 46.4 Å². The maximum Gasteiger partial charge on any atom is 0.141 e. The fraction of sp³-hybridized carbons (Fsp3) is 0.375. The molecule has 0 spiro atoms. The average molecular weight is 286 g/mol. The molecule has 102 valence electrons. The Bertz CT molecular complexity index is 679. The lowest BCUT2D eigenvalue weighted by Gasteiger charge is -2.21. The van der Waals surface area contributed by atoms with Crippen LogP contribution in [-0.4, -0.2) is 16.5 Å². The number of fused-ring (bicyclic) bond motifs is 1. The average Bonchev–Trinajstić information content (AvgIpc) is 3.22. The highest BCUT2D eigenvalue weighted by molar-refractivity contribution is 6.30. The highest BCUT2D eigenvalue weighted by atomic mass is 35.5. The highest BCUT2D eigenvalue weighted by Crippen LogP contribution is 2.42. The Morgan fingerprint density at radius 2 is 2.00 bits per heavy atom. The lowest BCUT2D eigenvalue weighted by atomic mass is 10.2. The molecule has 1 aliphatic carbocycles. The number of rotatable bonds is 2. The van der Waals surface area contributed by atoms with Crippen molar-refractivity contribution in [2.24, 2.45) is 0 Å². The summed E-state index contributed by atoms with van der Waals surface area (Å²) in [5.41, 5.74) is 3.62. The first kappa shape index (κ1) is 12.2. The fourth-order valence-electron chi connectivity index (χ4n) is 2.84. The standard InChI is InChI=1S/C16H16ClN3/c1-10-14(17)18-15(12-6-7-12)19-16(10)20-9-8-11-4-2-3-5-13(11)20/h2-5,12H,6-9H2,1H3. The molecule has 2 aromatic rings. The number of aromatic nitrogens is 2. The van der Waals surface area contributed by atoms with Gasteiger partial charge in [0.05, 0.1) is 0 Å². The third-order valence-electron chi connectivity index (χ3n) is 4.16. The SMILES string of the molecule is Cc1c(Cl)nc(C2CC2)nc1N1CCc2ccccc21. The van der Waals surface area contributed by atoms with Crippen LogP contribution in [0.4, 0.5) is 11.5 Å². The first-order valence-corrected chi connectivity index (χ1v) is 7.51. The van der Waals surface area contributed by atoms with Crippen molar-refractivity contribution in [3.63, 3.8) is 0 Å². The van der Waals surface area contributed by atoms with E-state index in [0.717, 1.165) is 30.2 Å². The Labute approximate surface area is 123 Å². The largest absolute Gasteiger partial charge is 0.325 e. The van der Waals surface area contributed by atoms with Crippen molar-refractivity contribution in [1.82, 2.24) is 9.97 Å². The van der Waals surface area contributed by atoms with Crippen LogP contribution in [0.3, 0.4) is 0 Å². The molecule has 1 fully saturated rings. The molecular weight excluding hydrogens is 270 g/mol. The molecule has 2 heterocycles. The number of hydrogen-bond acceptors (Lipinski definition) is 3. The Morgan fingerprint density at radius 1 is 1.20 bits per heavy atom. The summed E-state index contributed by atoms with van der Waals surface area (Å²) in [6.07, 6.45) is 3.45. The van der Waals surface area contributed by atoms with Crippen molar-refractivity contribution in [2.75, 3.05) is 11.4 Å². The molecule has 1 aromatic carbocycles. The molecule has 20 heavy (non-hydrogen) atoms. The van der Waals surface area contributed by atoms with Crippen LogP contribution < -0.4 is 4.90 Å². The number of benzene rings is 1. The maximum atomic E-state index is 6.32. The summed E-state index contributed by atoms with van der Waals surface area (Å²) >= 11 is 6.32. The molecule has 0 atom stereocenters. The predicted octanol–water partition coefficient (Wildman–Crippen LogP) is 4.01. The van der Waals surface area contributed by atoms with Crippen molar-refractivity contribution in [3.8, 4) is 0 Å². The molecule has 0 amide bonds. The first-order chi connectivity index (χ1) is 9.74. The highest BCUT2D eigenvalue weighted by Gasteiger charge is 2.30. The molecule has 0 unspecified atom stereocenters. The maximum absolute atomic E-state index is 6.32. The van der Waals surface area contributed by atoms with E-state index in [1.54, 1.807) is 0 Å². The molecule has 4 heteroatoms. The number of nitrogens with zero attached hydrogens (tertiary/aromatic N) is 3. The number of anilines is 2. The monoisotopic (exact) mass is 285 g/mol. The van der Waals surface area contributed by atoms with Gasteiger partial charge in [0.25, 0.3) is 0 Å². The van der Waals surface area contributed by atoms with Crippen LogP contribution in [0, 0.1) is 6.92 Å². The minimum atomic E-state index is 0.518. The Balaban J connectivity index is 1.82. The number of hydrogen-bond donors (Lipinski definition) is 0. The normalized spacial score (nSPS) is 17.4. The Morgan fingerprint density at radius 3 is 2.80 bits per heavy atom. The third-order valence-corrected chi connectivity index (χ3v) is 4.53. The first-order valence-electron chi connectivity index (χ1n) is 7.13. The van der Waals surface area contributed by atoms with Crippen molar-refractivity contribution >= 4 is 23.1 Å². The van der Waals surface area contributed by atoms with Crippen LogP contribution >= 0.6 is 11.6 Å². The van der Waals surface area contributed by atoms with Gasteiger partial charge in [0.15, 0.2) is 0 Å². The van der Waals surface area contributed by atoms with Crippen LogP contribution in [0.5, 0.6) is 0 Å². The van der Waals surface area contributed by atoms with Crippen molar-refractivity contribution in [2.45, 2.75) is 32.1 Å². The fourth-order valence-corrected chi connectivity index (χ4v) is 3.01. The van der Waals surface area contributed by atoms with Crippen LogP contribution in [0.25, 0.3) is 0 Å². The van der Waals surface area contributed by atoms with Crippen LogP contribution in [0.2, 0.25) is 5.15 Å². The second-order valence-electron chi connectivity index (χ2n) is 5.63. The summed E-state index contributed by atoms with van der Waals surface area (Å²) in [6.45, 7) is 2.98. The predicted molar refractivity (Wildman–Crippen MR) is 80.9 cm³/mol. The van der Waals surface area contributed by atoms with Gasteiger partial charge < -0.3 is 4.90 Å². The molecule has 4 rings (SSSR count). The van der Waals surface area contributed by atoms with Gasteiger partial charge in [0.1, 0.15) is 16.8 Å². The van der Waals surface area contributed by atoms with E-state index in [1.807, 2.05) is 6.92 Å². The van der Waals surface area contributed by atoms with E-state index in [9.17, 15) is 0 Å². The molecule has 1 aromatic heterocycles. The summed E-state index contributed by atoms with van der Waals surface area (Å²) in [6, 6.07) is 8.53. The van der Waals surface area contributed by atoms with E-state index in [0.29, 0.717) is 11.1 Å². The second kappa shape index (κ2) is 4.45. The van der Waals surface area contributed by atoms with E-state index in [4.69, 9.17) is 16.6 Å². The van der Waals surface area contributed by atoms with Gasteiger partial charge in [-0.05, 0) is 37.8 Å². The summed E-state index contributed by atoms with van der Waals surface area (Å²) < 4.78 is 0. The van der Waals surface area contributed by atoms with Crippen LogP contribution in [-0.2, 0) is 6.42 Å². The van der Waals surface area contributed by atoms with E-state index >= 15 is 0 Å². The molecule has 0 N–H and O–H groups in total. The lowest BCUT2D eigenvalue weighted by molar-refractivity contribution is 0.884. The van der Waals surface area contributed by atoms with E-state index < -0.39 is 0 Å². The summed E-state index contributed by atoms with van der Waals surface area (Å²) in [5, 5.41) is 0.598. The molecular formula is C16H16ClN3. The minimum absolute atomic E-state index is 0.518. The molecule has 0 bridgehead atoms. The minimum Gasteiger partial charge on any atom is -0.325 e. The van der Waals surface area contributed by atoms with Crippen molar-refractivity contribution < 1.29 is 0 Å². The van der Waals surface area contributed by atoms with E-state index in [1.165, 1.54) is 24.1 Å². The third kappa shape index (κ3) is 1.88. The summed E-state index contributed by atoms with van der Waals surface area (Å²) in [5.74, 6) is 2.42. The van der Waals surface area contributed by atoms with Gasteiger partial charge in [-0.25, -0.2) is 9.97 Å². The molecule has 1 saturated carbocycles. The van der Waals surface area contributed by atoms with Gasteiger partial charge in [0.2, 0.25) is 0 Å². The lowest BCUT2D eigenvalue weighted by Crippen LogP contribution is -2.17. The molecule has 2 aliphatic rings. The second-order valence-corrected chi connectivity index (χ2v) is 5.98. The number of para-hydroxylation sites is 1. The molecule has 1 aliphatic heterocycles. The topological polar surface area (TPSA) is 29.0 Å². The molecule has 0 radical (unpaired) electrons. The van der Waals surface area contributed by atoms with Crippen molar-refractivity contribution in [1.29, 1.82) is 0 Å². The van der Waals surface area contributed by atoms with E-state index in [-0.39, 0.29) is 0 Å². The molecule has 3 nitrogen and oxygen atoms in total. The van der Waals surface area contributed by atoms with Crippen LogP contribution in [0.1, 0.15) is 35.7 Å². The summed E-state index contributed by atoms with van der Waals surface area (Å²) in [7, 11) is 0. The van der Waals surface area contributed by atoms with Gasteiger partial charge in [-0.1, -0.05) is 29.8 Å². The zero-order chi connectivity index (χ0) is 13.7. The van der Waals surface area contributed by atoms with Gasteiger partial charge in [0, 0.05) is 23.7 Å². The smallest absolute Gasteiger partial charge is 0.141 e. The quantitative estimate of drug-likeness (QED) is 0.781. The van der Waals surface area contributed by atoms with Gasteiger partial charge >= 0.3 is 0 Å². The van der Waals surface area contributed by atoms with Crippen LogP contribution in [0.15, 0.2) is 24.3 Å². The zero-order valence-corrected chi connectivity index (χ0v) is 12.2. The van der Waals surface area contributed by atoms with E-state index in [2.05, 4.69) is 34.1 Å².